The van der Waals surface area contributed by atoms with E-state index >= 15 is 0 Å². The molecule has 1 rings (SSSR count). The summed E-state index contributed by atoms with van der Waals surface area (Å²) in [7, 11) is 0. The van der Waals surface area contributed by atoms with Crippen LogP contribution in [-0.4, -0.2) is 11.3 Å². The zero-order valence-corrected chi connectivity index (χ0v) is 8.49. The first-order valence-electron chi connectivity index (χ1n) is 4.30. The first kappa shape index (κ1) is 15.2. The molecule has 108 valence electrons. The fraction of sp³-hybridized carbons (Fsp3) is 0.375. The van der Waals surface area contributed by atoms with E-state index in [1.807, 2.05) is 0 Å². The zero-order valence-electron chi connectivity index (χ0n) is 8.49. The van der Waals surface area contributed by atoms with Crippen LogP contribution < -0.4 is 10.3 Å². The second-order valence-electron chi connectivity index (χ2n) is 3.14. The minimum absolute atomic E-state index is 0.423. The second-order valence-corrected chi connectivity index (χ2v) is 3.14. The van der Waals surface area contributed by atoms with E-state index in [0.29, 0.717) is 0 Å². The molecule has 0 unspecified atom stereocenters. The molecule has 0 atom stereocenters. The molecular weight excluding hydrogens is 294 g/mol. The maximum Gasteiger partial charge on any atom is 0.573 e. The lowest BCUT2D eigenvalue weighted by atomic mass is 10.2. The standard InChI is InChI=1S/C8H3F8NO2/c9-5(10)4-3(19-8(14,15)16)1-2(6(18)17-4)7(11,12)13/h1,5H,(H,17,18). The number of ether oxygens (including phenoxy) is 1. The Hall–Kier alpha value is -1.81. The number of halogens is 8. The van der Waals surface area contributed by atoms with Gasteiger partial charge in [-0.05, 0) is 0 Å². The third kappa shape index (κ3) is 3.83. The molecule has 0 aliphatic rings. The minimum atomic E-state index is -5.48. The lowest BCUT2D eigenvalue weighted by Crippen LogP contribution is -2.25. The Morgan fingerprint density at radius 2 is 1.63 bits per heavy atom. The molecule has 0 radical (unpaired) electrons. The Bertz CT molecular complexity index is 515. The van der Waals surface area contributed by atoms with Gasteiger partial charge < -0.3 is 9.72 Å². The van der Waals surface area contributed by atoms with Gasteiger partial charge in [-0.3, -0.25) is 4.79 Å². The Labute approximate surface area is 98.3 Å². The highest BCUT2D eigenvalue weighted by atomic mass is 19.4. The van der Waals surface area contributed by atoms with E-state index in [0.717, 1.165) is 4.98 Å². The minimum Gasteiger partial charge on any atom is -0.404 e. The molecule has 11 heteroatoms. The first-order valence-corrected chi connectivity index (χ1v) is 4.30. The molecule has 1 N–H and O–H groups in total. The summed E-state index contributed by atoms with van der Waals surface area (Å²) in [5.74, 6) is -1.81. The van der Waals surface area contributed by atoms with Gasteiger partial charge in [-0.15, -0.1) is 13.2 Å². The highest BCUT2D eigenvalue weighted by molar-refractivity contribution is 5.33. The van der Waals surface area contributed by atoms with E-state index in [1.54, 1.807) is 0 Å². The number of aromatic nitrogens is 1. The fourth-order valence-corrected chi connectivity index (χ4v) is 1.11. The van der Waals surface area contributed by atoms with Crippen molar-refractivity contribution in [3.05, 3.63) is 27.7 Å². The molecule has 1 aromatic heterocycles. The van der Waals surface area contributed by atoms with Crippen LogP contribution in [-0.2, 0) is 6.18 Å². The summed E-state index contributed by atoms with van der Waals surface area (Å²) < 4.78 is 100. The van der Waals surface area contributed by atoms with E-state index in [1.165, 1.54) is 0 Å². The predicted molar refractivity (Wildman–Crippen MR) is 43.7 cm³/mol. The van der Waals surface area contributed by atoms with Gasteiger partial charge in [-0.2, -0.15) is 13.2 Å². The smallest absolute Gasteiger partial charge is 0.404 e. The van der Waals surface area contributed by atoms with Crippen LogP contribution in [0.15, 0.2) is 10.9 Å². The van der Waals surface area contributed by atoms with E-state index in [9.17, 15) is 39.9 Å². The number of hydrogen-bond acceptors (Lipinski definition) is 2. The van der Waals surface area contributed by atoms with Gasteiger partial charge in [-0.25, -0.2) is 8.78 Å². The summed E-state index contributed by atoms with van der Waals surface area (Å²) in [6.07, 6.45) is -14.4. The summed E-state index contributed by atoms with van der Waals surface area (Å²) in [6.45, 7) is 0. The number of pyridine rings is 1. The van der Waals surface area contributed by atoms with Crippen molar-refractivity contribution in [3.63, 3.8) is 0 Å². The molecule has 1 aromatic rings. The van der Waals surface area contributed by atoms with Crippen molar-refractivity contribution >= 4 is 0 Å². The predicted octanol–water partition coefficient (Wildman–Crippen LogP) is 3.23. The Morgan fingerprint density at radius 1 is 1.11 bits per heavy atom. The first-order chi connectivity index (χ1) is 8.42. The summed E-state index contributed by atoms with van der Waals surface area (Å²) in [4.78, 5) is 11.9. The van der Waals surface area contributed by atoms with E-state index in [-0.39, 0.29) is 0 Å². The van der Waals surface area contributed by atoms with Crippen LogP contribution in [0.2, 0.25) is 0 Å². The molecule has 1 heterocycles. The SMILES string of the molecule is O=c1[nH]c(C(F)F)c(OC(F)(F)F)cc1C(F)(F)F. The van der Waals surface area contributed by atoms with Crippen LogP contribution in [0.4, 0.5) is 35.1 Å². The highest BCUT2D eigenvalue weighted by Gasteiger charge is 2.39. The number of rotatable bonds is 2. The van der Waals surface area contributed by atoms with Crippen LogP contribution in [0, 0.1) is 0 Å². The molecule has 0 aliphatic heterocycles. The molecule has 0 fully saturated rings. The maximum absolute atomic E-state index is 12.3. The summed E-state index contributed by atoms with van der Waals surface area (Å²) >= 11 is 0. The topological polar surface area (TPSA) is 42.1 Å². The molecule has 0 amide bonds. The molecule has 3 nitrogen and oxygen atoms in total. The van der Waals surface area contributed by atoms with E-state index < -0.39 is 47.6 Å². The summed E-state index contributed by atoms with van der Waals surface area (Å²) in [5.41, 5.74) is -5.75. The molecule has 0 spiro atoms. The molecule has 0 saturated carbocycles. The zero-order chi connectivity index (χ0) is 15.0. The van der Waals surface area contributed by atoms with Gasteiger partial charge in [0.2, 0.25) is 0 Å². The normalized spacial score (nSPS) is 12.9. The van der Waals surface area contributed by atoms with Gasteiger partial charge in [0.15, 0.2) is 5.75 Å². The molecule has 0 bridgehead atoms. The van der Waals surface area contributed by atoms with Gasteiger partial charge in [0.1, 0.15) is 11.3 Å². The van der Waals surface area contributed by atoms with Crippen LogP contribution in [0.1, 0.15) is 17.7 Å². The number of alkyl halides is 8. The Kier molecular flexibility index (Phi) is 3.77. The molecule has 0 aliphatic carbocycles. The van der Waals surface area contributed by atoms with Gasteiger partial charge >= 0.3 is 12.5 Å². The lowest BCUT2D eigenvalue weighted by Gasteiger charge is -2.14. The average molecular weight is 297 g/mol. The average Bonchev–Trinajstić information content (AvgIpc) is 2.15. The van der Waals surface area contributed by atoms with Crippen LogP contribution in [0.3, 0.4) is 0 Å². The van der Waals surface area contributed by atoms with Crippen molar-refractivity contribution in [1.82, 2.24) is 4.98 Å². The van der Waals surface area contributed by atoms with Crippen LogP contribution in [0.5, 0.6) is 5.75 Å². The molecule has 0 saturated heterocycles. The summed E-state index contributed by atoms with van der Waals surface area (Å²) in [5, 5.41) is 0. The maximum atomic E-state index is 12.3. The van der Waals surface area contributed by atoms with E-state index in [4.69, 9.17) is 0 Å². The van der Waals surface area contributed by atoms with E-state index in [2.05, 4.69) is 4.74 Å². The number of H-pyrrole nitrogens is 1. The summed E-state index contributed by atoms with van der Waals surface area (Å²) in [6, 6.07) is -0.423. The van der Waals surface area contributed by atoms with Crippen molar-refractivity contribution in [2.24, 2.45) is 0 Å². The van der Waals surface area contributed by atoms with Crippen LogP contribution >= 0.6 is 0 Å². The highest BCUT2D eigenvalue weighted by Crippen LogP contribution is 2.35. The molecular formula is C8H3F8NO2. The largest absolute Gasteiger partial charge is 0.573 e. The monoisotopic (exact) mass is 297 g/mol. The second kappa shape index (κ2) is 4.70. The van der Waals surface area contributed by atoms with Crippen LogP contribution in [0.25, 0.3) is 0 Å². The number of nitrogens with one attached hydrogen (secondary N) is 1. The van der Waals surface area contributed by atoms with Gasteiger partial charge in [0.05, 0.1) is 0 Å². The Morgan fingerprint density at radius 3 is 2.00 bits per heavy atom. The van der Waals surface area contributed by atoms with Crippen molar-refractivity contribution in [2.45, 2.75) is 19.0 Å². The quantitative estimate of drug-likeness (QED) is 0.852. The Balaban J connectivity index is 3.45. The fourth-order valence-electron chi connectivity index (χ4n) is 1.11. The lowest BCUT2D eigenvalue weighted by molar-refractivity contribution is -0.275. The van der Waals surface area contributed by atoms with Crippen molar-refractivity contribution < 1.29 is 39.9 Å². The molecule has 19 heavy (non-hydrogen) atoms. The number of aromatic amines is 1. The van der Waals surface area contributed by atoms with Gasteiger partial charge in [0.25, 0.3) is 12.0 Å². The van der Waals surface area contributed by atoms with Crippen molar-refractivity contribution in [1.29, 1.82) is 0 Å². The third-order valence-corrected chi connectivity index (χ3v) is 1.78. The number of hydrogen-bond donors (Lipinski definition) is 1. The van der Waals surface area contributed by atoms with Gasteiger partial charge in [0, 0.05) is 6.07 Å². The van der Waals surface area contributed by atoms with Crippen molar-refractivity contribution in [2.75, 3.05) is 0 Å². The van der Waals surface area contributed by atoms with Crippen molar-refractivity contribution in [3.8, 4) is 5.75 Å². The third-order valence-electron chi connectivity index (χ3n) is 1.78. The van der Waals surface area contributed by atoms with Gasteiger partial charge in [-0.1, -0.05) is 0 Å². The molecule has 0 aromatic carbocycles.